The van der Waals surface area contributed by atoms with Gasteiger partial charge in [0.2, 0.25) is 5.91 Å². The lowest BCUT2D eigenvalue weighted by atomic mass is 9.98. The summed E-state index contributed by atoms with van der Waals surface area (Å²) >= 11 is 1.45. The summed E-state index contributed by atoms with van der Waals surface area (Å²) in [6.45, 7) is 4.28. The summed E-state index contributed by atoms with van der Waals surface area (Å²) in [5.41, 5.74) is 0.920. The number of carbonyl (C=O) groups is 1. The van der Waals surface area contributed by atoms with Crippen LogP contribution >= 0.6 is 11.8 Å². The van der Waals surface area contributed by atoms with E-state index in [0.717, 1.165) is 29.4 Å². The molecule has 0 spiro atoms. The van der Waals surface area contributed by atoms with Crippen LogP contribution in [-0.2, 0) is 11.8 Å². The second kappa shape index (κ2) is 7.34. The van der Waals surface area contributed by atoms with Crippen LogP contribution in [0, 0.1) is 0 Å². The van der Waals surface area contributed by atoms with E-state index < -0.39 is 0 Å². The van der Waals surface area contributed by atoms with E-state index in [1.165, 1.54) is 18.2 Å². The molecule has 3 rings (SSSR count). The number of carbonyl (C=O) groups excluding carboxylic acids is 1. The zero-order valence-corrected chi connectivity index (χ0v) is 15.2. The minimum absolute atomic E-state index is 0.186. The normalized spacial score (nSPS) is 21.0. The smallest absolute Gasteiger partial charge is 0.233 e. The van der Waals surface area contributed by atoms with E-state index in [9.17, 15) is 4.79 Å². The summed E-state index contributed by atoms with van der Waals surface area (Å²) in [5.74, 6) is 1.34. The SMILES string of the molecule is CC1CCCC(C)N1C(=O)CSc1nnc(-c2cccnc2)n1C. The number of aromatic nitrogens is 4. The number of nitrogens with zero attached hydrogens (tertiary/aromatic N) is 5. The molecule has 1 aliphatic rings. The van der Waals surface area contributed by atoms with Crippen molar-refractivity contribution >= 4 is 17.7 Å². The molecule has 24 heavy (non-hydrogen) atoms. The van der Waals surface area contributed by atoms with Gasteiger partial charge in [0.1, 0.15) is 0 Å². The maximum atomic E-state index is 12.6. The molecule has 2 unspecified atom stereocenters. The highest BCUT2D eigenvalue weighted by molar-refractivity contribution is 7.99. The summed E-state index contributed by atoms with van der Waals surface area (Å²) in [5, 5.41) is 9.21. The van der Waals surface area contributed by atoms with Gasteiger partial charge in [-0.1, -0.05) is 11.8 Å². The van der Waals surface area contributed by atoms with Gasteiger partial charge in [0.15, 0.2) is 11.0 Å². The molecule has 2 aromatic heterocycles. The molecule has 128 valence electrons. The minimum atomic E-state index is 0.186. The maximum absolute atomic E-state index is 12.6. The molecule has 1 fully saturated rings. The van der Waals surface area contributed by atoms with Gasteiger partial charge in [0.25, 0.3) is 0 Å². The topological polar surface area (TPSA) is 63.9 Å². The fourth-order valence-corrected chi connectivity index (χ4v) is 4.08. The van der Waals surface area contributed by atoms with E-state index in [1.807, 2.05) is 28.6 Å². The molecular weight excluding hydrogens is 322 g/mol. The van der Waals surface area contributed by atoms with Crippen molar-refractivity contribution in [3.63, 3.8) is 0 Å². The van der Waals surface area contributed by atoms with Gasteiger partial charge in [-0.3, -0.25) is 9.78 Å². The molecule has 6 nitrogen and oxygen atoms in total. The Kier molecular flexibility index (Phi) is 5.18. The van der Waals surface area contributed by atoms with E-state index in [1.54, 1.807) is 12.4 Å². The second-order valence-electron chi connectivity index (χ2n) is 6.33. The molecule has 2 aromatic rings. The first-order chi connectivity index (χ1) is 11.6. The quantitative estimate of drug-likeness (QED) is 0.797. The maximum Gasteiger partial charge on any atom is 0.233 e. The van der Waals surface area contributed by atoms with Crippen molar-refractivity contribution in [3.8, 4) is 11.4 Å². The molecule has 0 radical (unpaired) electrons. The van der Waals surface area contributed by atoms with Crippen molar-refractivity contribution in [1.29, 1.82) is 0 Å². The molecule has 2 atom stereocenters. The molecule has 0 bridgehead atoms. The number of hydrogen-bond acceptors (Lipinski definition) is 5. The van der Waals surface area contributed by atoms with E-state index in [0.29, 0.717) is 17.8 Å². The number of rotatable bonds is 4. The minimum Gasteiger partial charge on any atom is -0.337 e. The lowest BCUT2D eigenvalue weighted by molar-refractivity contribution is -0.134. The Morgan fingerprint density at radius 1 is 1.29 bits per heavy atom. The Labute approximate surface area is 146 Å². The van der Waals surface area contributed by atoms with Crippen molar-refractivity contribution in [1.82, 2.24) is 24.6 Å². The first-order valence-electron chi connectivity index (χ1n) is 8.31. The molecule has 0 saturated carbocycles. The molecular formula is C17H23N5OS. The van der Waals surface area contributed by atoms with Gasteiger partial charge in [0.05, 0.1) is 5.75 Å². The molecule has 0 aromatic carbocycles. The average Bonchev–Trinajstić information content (AvgIpc) is 2.94. The lowest BCUT2D eigenvalue weighted by Gasteiger charge is -2.39. The van der Waals surface area contributed by atoms with Gasteiger partial charge in [-0.15, -0.1) is 10.2 Å². The van der Waals surface area contributed by atoms with Crippen LogP contribution in [0.1, 0.15) is 33.1 Å². The predicted molar refractivity (Wildman–Crippen MR) is 94.6 cm³/mol. The van der Waals surface area contributed by atoms with Crippen LogP contribution < -0.4 is 0 Å². The Hall–Kier alpha value is -1.89. The highest BCUT2D eigenvalue weighted by Crippen LogP contribution is 2.26. The summed E-state index contributed by atoms with van der Waals surface area (Å²) in [6.07, 6.45) is 6.89. The van der Waals surface area contributed by atoms with Crippen LogP contribution in [0.5, 0.6) is 0 Å². The lowest BCUT2D eigenvalue weighted by Crippen LogP contribution is -2.48. The van der Waals surface area contributed by atoms with Crippen LogP contribution in [0.4, 0.5) is 0 Å². The van der Waals surface area contributed by atoms with Gasteiger partial charge in [-0.2, -0.15) is 0 Å². The van der Waals surface area contributed by atoms with Gasteiger partial charge < -0.3 is 9.47 Å². The standard InChI is InChI=1S/C17H23N5OS/c1-12-6-4-7-13(2)22(12)15(23)11-24-17-20-19-16(21(17)3)14-8-5-9-18-10-14/h5,8-10,12-13H,4,6-7,11H2,1-3H3. The molecule has 0 N–H and O–H groups in total. The Morgan fingerprint density at radius 3 is 2.71 bits per heavy atom. The monoisotopic (exact) mass is 345 g/mol. The van der Waals surface area contributed by atoms with Gasteiger partial charge in [-0.25, -0.2) is 0 Å². The highest BCUT2D eigenvalue weighted by atomic mass is 32.2. The van der Waals surface area contributed by atoms with Crippen LogP contribution in [0.2, 0.25) is 0 Å². The van der Waals surface area contributed by atoms with E-state index in [-0.39, 0.29) is 5.91 Å². The highest BCUT2D eigenvalue weighted by Gasteiger charge is 2.29. The van der Waals surface area contributed by atoms with Gasteiger partial charge in [0, 0.05) is 37.1 Å². The number of thioether (sulfide) groups is 1. The Bertz CT molecular complexity index is 692. The average molecular weight is 345 g/mol. The third-order valence-electron chi connectivity index (χ3n) is 4.56. The van der Waals surface area contributed by atoms with E-state index >= 15 is 0 Å². The van der Waals surface area contributed by atoms with E-state index in [2.05, 4.69) is 29.0 Å². The summed E-state index contributed by atoms with van der Waals surface area (Å²) in [4.78, 5) is 18.8. The fraction of sp³-hybridized carbons (Fsp3) is 0.529. The largest absolute Gasteiger partial charge is 0.337 e. The molecule has 0 aliphatic carbocycles. The molecule has 3 heterocycles. The number of amides is 1. The van der Waals surface area contributed by atoms with Crippen LogP contribution in [-0.4, -0.2) is 48.4 Å². The number of piperidine rings is 1. The first-order valence-corrected chi connectivity index (χ1v) is 9.30. The molecule has 1 saturated heterocycles. The zero-order chi connectivity index (χ0) is 17.1. The van der Waals surface area contributed by atoms with Crippen molar-refractivity contribution in [2.24, 2.45) is 7.05 Å². The van der Waals surface area contributed by atoms with Crippen molar-refractivity contribution in [2.45, 2.75) is 50.4 Å². The van der Waals surface area contributed by atoms with Crippen LogP contribution in [0.3, 0.4) is 0 Å². The van der Waals surface area contributed by atoms with Crippen molar-refractivity contribution in [3.05, 3.63) is 24.5 Å². The third kappa shape index (κ3) is 3.45. The summed E-state index contributed by atoms with van der Waals surface area (Å²) < 4.78 is 1.91. The fourth-order valence-electron chi connectivity index (χ4n) is 3.30. The number of hydrogen-bond donors (Lipinski definition) is 0. The Morgan fingerprint density at radius 2 is 2.04 bits per heavy atom. The molecule has 1 aliphatic heterocycles. The van der Waals surface area contributed by atoms with Crippen LogP contribution in [0.25, 0.3) is 11.4 Å². The predicted octanol–water partition coefficient (Wildman–Crippen LogP) is 2.76. The van der Waals surface area contributed by atoms with Gasteiger partial charge >= 0.3 is 0 Å². The molecule has 1 amide bonds. The summed E-state index contributed by atoms with van der Waals surface area (Å²) in [6, 6.07) is 4.48. The van der Waals surface area contributed by atoms with Gasteiger partial charge in [-0.05, 0) is 45.2 Å². The van der Waals surface area contributed by atoms with Crippen LogP contribution in [0.15, 0.2) is 29.7 Å². The third-order valence-corrected chi connectivity index (χ3v) is 5.57. The van der Waals surface area contributed by atoms with Crippen molar-refractivity contribution in [2.75, 3.05) is 5.75 Å². The Balaban J connectivity index is 1.67. The summed E-state index contributed by atoms with van der Waals surface area (Å²) in [7, 11) is 1.92. The number of pyridine rings is 1. The zero-order valence-electron chi connectivity index (χ0n) is 14.3. The van der Waals surface area contributed by atoms with E-state index in [4.69, 9.17) is 0 Å². The second-order valence-corrected chi connectivity index (χ2v) is 7.27. The van der Waals surface area contributed by atoms with Crippen molar-refractivity contribution < 1.29 is 4.79 Å². The molecule has 7 heteroatoms. The number of likely N-dealkylation sites (tertiary alicyclic amines) is 1. The first kappa shape index (κ1) is 17.0.